The molecule has 4 rings (SSSR count). The van der Waals surface area contributed by atoms with E-state index < -0.39 is 30.1 Å². The van der Waals surface area contributed by atoms with Gasteiger partial charge < -0.3 is 29.3 Å². The number of carbonyl (C=O) groups excluding carboxylic acids is 2. The molecule has 2 aliphatic rings. The highest BCUT2D eigenvalue weighted by atomic mass is 32.1. The quantitative estimate of drug-likeness (QED) is 0.226. The molecule has 0 saturated carbocycles. The molecule has 2 aliphatic heterocycles. The van der Waals surface area contributed by atoms with Crippen LogP contribution >= 0.6 is 11.3 Å². The number of aliphatic hydroxyl groups is 2. The molecule has 2 aromatic rings. The molecule has 1 amide bonds. The number of anilines is 1. The minimum atomic E-state index is -0.820. The molecular formula is C31H43NO7S. The molecule has 1 aromatic heterocycles. The molecule has 1 aromatic carbocycles. The fraction of sp³-hybridized carbons (Fsp3) is 0.613. The first kappa shape index (κ1) is 30.7. The number of hydrogen-bond acceptors (Lipinski definition) is 8. The Morgan fingerprint density at radius 1 is 1.12 bits per heavy atom. The van der Waals surface area contributed by atoms with E-state index >= 15 is 0 Å². The summed E-state index contributed by atoms with van der Waals surface area (Å²) in [6, 6.07) is 11.7. The van der Waals surface area contributed by atoms with Gasteiger partial charge in [0.15, 0.2) is 5.79 Å². The van der Waals surface area contributed by atoms with Crippen molar-refractivity contribution in [1.82, 2.24) is 0 Å². The average Bonchev–Trinajstić information content (AvgIpc) is 3.64. The van der Waals surface area contributed by atoms with Crippen LogP contribution in [0.2, 0.25) is 0 Å². The van der Waals surface area contributed by atoms with E-state index in [-0.39, 0.29) is 25.2 Å². The van der Waals surface area contributed by atoms with Gasteiger partial charge in [0.1, 0.15) is 23.7 Å². The van der Waals surface area contributed by atoms with E-state index in [1.54, 1.807) is 19.9 Å². The van der Waals surface area contributed by atoms with Gasteiger partial charge >= 0.3 is 5.97 Å². The van der Waals surface area contributed by atoms with E-state index in [0.717, 1.165) is 67.5 Å². The normalized spacial score (nSPS) is 23.1. The number of amides is 1. The lowest BCUT2D eigenvalue weighted by Gasteiger charge is -2.25. The van der Waals surface area contributed by atoms with Gasteiger partial charge in [0, 0.05) is 23.0 Å². The van der Waals surface area contributed by atoms with Crippen molar-refractivity contribution in [2.45, 2.75) is 109 Å². The maximum absolute atomic E-state index is 12.7. The summed E-state index contributed by atoms with van der Waals surface area (Å²) in [6.45, 7) is 5.50. The molecule has 4 atom stereocenters. The molecule has 2 saturated heterocycles. The van der Waals surface area contributed by atoms with Crippen LogP contribution < -0.4 is 4.90 Å². The van der Waals surface area contributed by atoms with Crippen molar-refractivity contribution < 1.29 is 34.0 Å². The first-order chi connectivity index (χ1) is 19.2. The Bertz CT molecular complexity index is 1120. The Balaban J connectivity index is 1.25. The number of esters is 1. The Morgan fingerprint density at radius 3 is 2.60 bits per heavy atom. The molecule has 1 unspecified atom stereocenters. The van der Waals surface area contributed by atoms with Gasteiger partial charge in [-0.1, -0.05) is 38.3 Å². The molecular weight excluding hydrogens is 530 g/mol. The lowest BCUT2D eigenvalue weighted by Crippen LogP contribution is -2.32. The highest BCUT2D eigenvalue weighted by Gasteiger charge is 2.41. The molecule has 0 radical (unpaired) electrons. The van der Waals surface area contributed by atoms with Crippen molar-refractivity contribution in [3.63, 3.8) is 0 Å². The fourth-order valence-electron chi connectivity index (χ4n) is 5.55. The molecule has 0 bridgehead atoms. The van der Waals surface area contributed by atoms with Crippen LogP contribution in [0.1, 0.15) is 98.4 Å². The number of aryl methyl sites for hydroxylation is 1. The van der Waals surface area contributed by atoms with Gasteiger partial charge in [-0.25, -0.2) is 4.79 Å². The van der Waals surface area contributed by atoms with Gasteiger partial charge in [-0.15, -0.1) is 11.3 Å². The van der Waals surface area contributed by atoms with E-state index in [2.05, 4.69) is 6.92 Å². The highest BCUT2D eigenvalue weighted by molar-refractivity contribution is 7.13. The number of benzene rings is 1. The maximum Gasteiger partial charge on any atom is 0.348 e. The number of nitrogens with zero attached hydrogens (tertiary/aromatic N) is 1. The van der Waals surface area contributed by atoms with Gasteiger partial charge in [-0.3, -0.25) is 4.79 Å². The minimum Gasteiger partial charge on any atom is -0.459 e. The number of carbonyl (C=O) groups is 2. The molecule has 8 nitrogen and oxygen atoms in total. The lowest BCUT2D eigenvalue weighted by atomic mass is 10.0. The van der Waals surface area contributed by atoms with Crippen LogP contribution in [0.25, 0.3) is 0 Å². The third-order valence-corrected chi connectivity index (χ3v) is 8.75. The van der Waals surface area contributed by atoms with Gasteiger partial charge in [-0.2, -0.15) is 0 Å². The first-order valence-electron chi connectivity index (χ1n) is 14.5. The predicted octanol–water partition coefficient (Wildman–Crippen LogP) is 5.55. The number of ether oxygens (including phenoxy) is 3. The summed E-state index contributed by atoms with van der Waals surface area (Å²) in [5.41, 5.74) is 1.79. The third kappa shape index (κ3) is 7.91. The van der Waals surface area contributed by atoms with Gasteiger partial charge in [0.25, 0.3) is 0 Å². The monoisotopic (exact) mass is 573 g/mol. The van der Waals surface area contributed by atoms with Crippen molar-refractivity contribution in [3.8, 4) is 0 Å². The van der Waals surface area contributed by atoms with Crippen LogP contribution in [0, 0.1) is 0 Å². The summed E-state index contributed by atoms with van der Waals surface area (Å²) in [5, 5.41) is 20.0. The summed E-state index contributed by atoms with van der Waals surface area (Å²) in [5.74, 6) is -1.08. The zero-order chi connectivity index (χ0) is 28.7. The van der Waals surface area contributed by atoms with E-state index in [9.17, 15) is 19.8 Å². The van der Waals surface area contributed by atoms with E-state index in [0.29, 0.717) is 11.3 Å². The highest BCUT2D eigenvalue weighted by Crippen LogP contribution is 2.32. The molecule has 9 heteroatoms. The van der Waals surface area contributed by atoms with E-state index in [1.165, 1.54) is 11.3 Å². The van der Waals surface area contributed by atoms with Gasteiger partial charge in [0.05, 0.1) is 12.7 Å². The number of rotatable bonds is 14. The van der Waals surface area contributed by atoms with Gasteiger partial charge in [-0.05, 0) is 75.8 Å². The van der Waals surface area contributed by atoms with E-state index in [1.807, 2.05) is 35.2 Å². The van der Waals surface area contributed by atoms with Crippen LogP contribution in [0.4, 0.5) is 5.69 Å². The second kappa shape index (κ2) is 14.0. The third-order valence-electron chi connectivity index (χ3n) is 7.63. The summed E-state index contributed by atoms with van der Waals surface area (Å²) < 4.78 is 16.8. The van der Waals surface area contributed by atoms with Crippen molar-refractivity contribution in [3.05, 3.63) is 51.7 Å². The molecule has 3 heterocycles. The second-order valence-corrected chi connectivity index (χ2v) is 12.4. The molecule has 2 N–H and O–H groups in total. The smallest absolute Gasteiger partial charge is 0.348 e. The largest absolute Gasteiger partial charge is 0.459 e. The van der Waals surface area contributed by atoms with Crippen molar-refractivity contribution in [2.75, 3.05) is 18.1 Å². The van der Waals surface area contributed by atoms with Crippen molar-refractivity contribution in [1.29, 1.82) is 0 Å². The Kier molecular flexibility index (Phi) is 10.8. The Labute approximate surface area is 241 Å². The summed E-state index contributed by atoms with van der Waals surface area (Å²) in [4.78, 5) is 28.9. The number of aliphatic hydroxyl groups excluding tert-OH is 2. The van der Waals surface area contributed by atoms with Crippen LogP contribution in [-0.4, -0.2) is 59.3 Å². The topological polar surface area (TPSA) is 106 Å². The van der Waals surface area contributed by atoms with E-state index in [4.69, 9.17) is 14.2 Å². The van der Waals surface area contributed by atoms with Crippen LogP contribution in [0.15, 0.2) is 36.4 Å². The molecule has 2 fully saturated rings. The summed E-state index contributed by atoms with van der Waals surface area (Å²) >= 11 is 1.42. The maximum atomic E-state index is 12.7. The minimum absolute atomic E-state index is 0.0189. The molecule has 220 valence electrons. The first-order valence-corrected chi connectivity index (χ1v) is 15.3. The Morgan fingerprint density at radius 2 is 1.88 bits per heavy atom. The lowest BCUT2D eigenvalue weighted by molar-refractivity contribution is -0.151. The average molecular weight is 574 g/mol. The summed E-state index contributed by atoms with van der Waals surface area (Å²) in [7, 11) is 0. The molecule has 0 spiro atoms. The van der Waals surface area contributed by atoms with Crippen LogP contribution in [0.3, 0.4) is 0 Å². The van der Waals surface area contributed by atoms with Crippen LogP contribution in [0.5, 0.6) is 0 Å². The fourth-order valence-corrected chi connectivity index (χ4v) is 6.49. The molecule has 40 heavy (non-hydrogen) atoms. The number of thiophene rings is 1. The van der Waals surface area contributed by atoms with Crippen molar-refractivity contribution >= 4 is 28.9 Å². The zero-order valence-corrected chi connectivity index (χ0v) is 24.7. The number of hydrogen-bond donors (Lipinski definition) is 2. The molecule has 0 aliphatic carbocycles. The second-order valence-electron chi connectivity index (χ2n) is 11.2. The van der Waals surface area contributed by atoms with Gasteiger partial charge in [0.2, 0.25) is 5.91 Å². The standard InChI is InChI=1S/C31H43NO7S/c1-4-5-6-10-25(34)21-11-13-23(14-12-21)32-22(15-18-29(32)35)8-7-9-24-16-17-28(40-24)30(36)37-20-27-26(19-33)38-31(2,3)39-27/h11-14,16-17,22,25-27,33-34H,4-10,15,18-20H2,1-3H3/t22-,25?,26-,27-/m0/s1. The SMILES string of the molecule is CCCCCC(O)c1ccc(N2C(=O)CC[C@@H]2CCCc2ccc(C(=O)OC[C@@H]3OC(C)(C)O[C@H]3CO)s2)cc1. The Hall–Kier alpha value is -2.30. The van der Waals surface area contributed by atoms with Crippen LogP contribution in [-0.2, 0) is 25.4 Å². The summed E-state index contributed by atoms with van der Waals surface area (Å²) in [6.07, 6.45) is 6.49. The predicted molar refractivity (Wildman–Crippen MR) is 155 cm³/mol. The van der Waals surface area contributed by atoms with Crippen molar-refractivity contribution in [2.24, 2.45) is 0 Å². The zero-order valence-electron chi connectivity index (χ0n) is 23.8. The number of unbranched alkanes of at least 4 members (excludes halogenated alkanes) is 2.